The third-order valence-electron chi connectivity index (χ3n) is 5.63. The van der Waals surface area contributed by atoms with Crippen LogP contribution in [0.25, 0.3) is 0 Å². The van der Waals surface area contributed by atoms with Crippen LogP contribution in [0.1, 0.15) is 22.7 Å². The second kappa shape index (κ2) is 10.8. The largest absolute Gasteiger partial charge is 0.344 e. The molecule has 4 aromatic carbocycles. The van der Waals surface area contributed by atoms with Crippen molar-refractivity contribution in [2.24, 2.45) is 0 Å². The molecule has 0 heterocycles. The smallest absolute Gasteiger partial charge is 0.264 e. The molecule has 0 saturated carbocycles. The maximum atomic E-state index is 13.6. The lowest BCUT2D eigenvalue weighted by atomic mass is 9.99. The number of nitrogens with zero attached hydrogens (tertiary/aromatic N) is 1. The first-order valence-corrected chi connectivity index (χ1v) is 12.9. The summed E-state index contributed by atoms with van der Waals surface area (Å²) in [5, 5.41) is 3.44. The van der Waals surface area contributed by atoms with Crippen molar-refractivity contribution in [1.29, 1.82) is 0 Å². The second-order valence-corrected chi connectivity index (χ2v) is 10.3. The molecule has 0 spiro atoms. The highest BCUT2D eigenvalue weighted by Gasteiger charge is 2.28. The summed E-state index contributed by atoms with van der Waals surface area (Å²) in [6.45, 7) is 1.42. The van der Waals surface area contributed by atoms with Crippen LogP contribution in [0.15, 0.2) is 114 Å². The number of anilines is 1. The zero-order valence-electron chi connectivity index (χ0n) is 19.1. The fourth-order valence-electron chi connectivity index (χ4n) is 3.76. The molecule has 1 amide bonds. The second-order valence-electron chi connectivity index (χ2n) is 8.08. The molecule has 0 aliphatic rings. The van der Waals surface area contributed by atoms with Gasteiger partial charge in [-0.25, -0.2) is 8.42 Å². The molecule has 178 valence electrons. The predicted molar refractivity (Wildman–Crippen MR) is 140 cm³/mol. The van der Waals surface area contributed by atoms with Crippen LogP contribution in [0.3, 0.4) is 0 Å². The van der Waals surface area contributed by atoms with Gasteiger partial charge in [0, 0.05) is 5.02 Å². The van der Waals surface area contributed by atoms with Crippen molar-refractivity contribution < 1.29 is 13.2 Å². The van der Waals surface area contributed by atoms with Crippen molar-refractivity contribution in [3.8, 4) is 0 Å². The number of carbonyl (C=O) groups is 1. The fraction of sp³-hybridized carbons (Fsp3) is 0.107. The van der Waals surface area contributed by atoms with Crippen LogP contribution >= 0.6 is 11.6 Å². The highest BCUT2D eigenvalue weighted by atomic mass is 35.5. The van der Waals surface area contributed by atoms with Gasteiger partial charge in [0.2, 0.25) is 5.91 Å². The summed E-state index contributed by atoms with van der Waals surface area (Å²) in [5.74, 6) is -0.445. The summed E-state index contributed by atoms with van der Waals surface area (Å²) in [6.07, 6.45) is 0. The van der Waals surface area contributed by atoms with Crippen molar-refractivity contribution in [3.05, 3.63) is 131 Å². The van der Waals surface area contributed by atoms with E-state index in [0.717, 1.165) is 21.0 Å². The van der Waals surface area contributed by atoms with Gasteiger partial charge >= 0.3 is 0 Å². The monoisotopic (exact) mass is 504 g/mol. The van der Waals surface area contributed by atoms with Crippen molar-refractivity contribution in [3.63, 3.8) is 0 Å². The van der Waals surface area contributed by atoms with E-state index in [4.69, 9.17) is 11.6 Å². The number of halogens is 1. The van der Waals surface area contributed by atoms with Gasteiger partial charge in [0.25, 0.3) is 10.0 Å². The van der Waals surface area contributed by atoms with Gasteiger partial charge < -0.3 is 5.32 Å². The van der Waals surface area contributed by atoms with Gasteiger partial charge in [-0.3, -0.25) is 9.10 Å². The van der Waals surface area contributed by atoms with E-state index < -0.39 is 28.5 Å². The van der Waals surface area contributed by atoms with E-state index in [9.17, 15) is 13.2 Å². The van der Waals surface area contributed by atoms with Crippen LogP contribution in [0.4, 0.5) is 5.69 Å². The number of benzene rings is 4. The Bertz CT molecular complexity index is 1360. The van der Waals surface area contributed by atoms with Crippen LogP contribution in [0.2, 0.25) is 5.02 Å². The van der Waals surface area contributed by atoms with Gasteiger partial charge in [-0.05, 0) is 47.9 Å². The third-order valence-corrected chi connectivity index (χ3v) is 7.83. The Morgan fingerprint density at radius 2 is 1.34 bits per heavy atom. The molecule has 0 aromatic heterocycles. The number of hydrogen-bond acceptors (Lipinski definition) is 3. The van der Waals surface area contributed by atoms with Gasteiger partial charge in [0.05, 0.1) is 16.6 Å². The van der Waals surface area contributed by atoms with Crippen LogP contribution in [-0.2, 0) is 14.8 Å². The number of rotatable bonds is 8. The number of carbonyl (C=O) groups excluding carboxylic acids is 1. The fourth-order valence-corrected chi connectivity index (χ4v) is 5.37. The van der Waals surface area contributed by atoms with Crippen molar-refractivity contribution in [2.75, 3.05) is 10.8 Å². The normalized spacial score (nSPS) is 11.3. The molecule has 4 rings (SSSR count). The summed E-state index contributed by atoms with van der Waals surface area (Å²) in [4.78, 5) is 13.5. The maximum absolute atomic E-state index is 13.6. The number of amides is 1. The standard InChI is InChI=1S/C28H25ClN2O3S/c1-21-17-18-24(19-26(21)29)31(35(33,34)25-15-9-4-10-16-25)20-27(32)30-28(22-11-5-2-6-12-22)23-13-7-3-8-14-23/h2-19,28H,20H2,1H3,(H,30,32). The molecular formula is C28H25ClN2O3S. The Morgan fingerprint density at radius 1 is 0.829 bits per heavy atom. The quantitative estimate of drug-likeness (QED) is 0.332. The van der Waals surface area contributed by atoms with Gasteiger partial charge in [-0.1, -0.05) is 96.5 Å². The van der Waals surface area contributed by atoms with Crippen molar-refractivity contribution >= 4 is 33.2 Å². The maximum Gasteiger partial charge on any atom is 0.264 e. The molecule has 0 saturated heterocycles. The third kappa shape index (κ3) is 5.73. The number of nitrogens with one attached hydrogen (secondary N) is 1. The first kappa shape index (κ1) is 24.5. The van der Waals surface area contributed by atoms with E-state index in [1.165, 1.54) is 12.1 Å². The lowest BCUT2D eigenvalue weighted by Crippen LogP contribution is -2.42. The Kier molecular flexibility index (Phi) is 7.54. The van der Waals surface area contributed by atoms with Crippen LogP contribution in [0, 0.1) is 6.92 Å². The molecule has 0 aliphatic carbocycles. The molecule has 1 N–H and O–H groups in total. The van der Waals surface area contributed by atoms with Gasteiger partial charge in [0.1, 0.15) is 6.54 Å². The van der Waals surface area contributed by atoms with Crippen molar-refractivity contribution in [2.45, 2.75) is 17.9 Å². The first-order chi connectivity index (χ1) is 16.9. The molecule has 0 radical (unpaired) electrons. The Balaban J connectivity index is 1.69. The average Bonchev–Trinajstić information content (AvgIpc) is 2.89. The van der Waals surface area contributed by atoms with Crippen LogP contribution < -0.4 is 9.62 Å². The van der Waals surface area contributed by atoms with E-state index in [2.05, 4.69) is 5.32 Å². The molecule has 7 heteroatoms. The molecule has 0 unspecified atom stereocenters. The predicted octanol–water partition coefficient (Wildman–Crippen LogP) is 5.75. The summed E-state index contributed by atoms with van der Waals surface area (Å²) >= 11 is 6.31. The van der Waals surface area contributed by atoms with Crippen molar-refractivity contribution in [1.82, 2.24) is 5.32 Å². The van der Waals surface area contributed by atoms with E-state index in [-0.39, 0.29) is 4.90 Å². The topological polar surface area (TPSA) is 66.5 Å². The molecular weight excluding hydrogens is 480 g/mol. The molecule has 5 nitrogen and oxygen atoms in total. The lowest BCUT2D eigenvalue weighted by molar-refractivity contribution is -0.120. The summed E-state index contributed by atoms with van der Waals surface area (Å²) in [7, 11) is -4.03. The molecule has 0 bridgehead atoms. The minimum absolute atomic E-state index is 0.0900. The minimum Gasteiger partial charge on any atom is -0.344 e. The van der Waals surface area contributed by atoms with E-state index in [1.807, 2.05) is 67.6 Å². The SMILES string of the molecule is Cc1ccc(N(CC(=O)NC(c2ccccc2)c2ccccc2)S(=O)(=O)c2ccccc2)cc1Cl. The van der Waals surface area contributed by atoms with E-state index in [0.29, 0.717) is 10.7 Å². The number of sulfonamides is 1. The number of aryl methyl sites for hydroxylation is 1. The highest BCUT2D eigenvalue weighted by Crippen LogP contribution is 2.28. The molecule has 0 atom stereocenters. The van der Waals surface area contributed by atoms with Gasteiger partial charge in [-0.15, -0.1) is 0 Å². The zero-order chi connectivity index (χ0) is 24.8. The van der Waals surface area contributed by atoms with Gasteiger partial charge in [0.15, 0.2) is 0 Å². The highest BCUT2D eigenvalue weighted by molar-refractivity contribution is 7.92. The zero-order valence-corrected chi connectivity index (χ0v) is 20.7. The Labute approximate surface area is 211 Å². The summed E-state index contributed by atoms with van der Waals surface area (Å²) < 4.78 is 28.3. The first-order valence-electron chi connectivity index (χ1n) is 11.1. The molecule has 0 fully saturated rings. The van der Waals surface area contributed by atoms with Crippen LogP contribution in [-0.4, -0.2) is 20.9 Å². The Morgan fingerprint density at radius 3 is 1.86 bits per heavy atom. The molecule has 35 heavy (non-hydrogen) atoms. The number of hydrogen-bond donors (Lipinski definition) is 1. The summed E-state index contributed by atoms with van der Waals surface area (Å²) in [5.41, 5.74) is 2.91. The molecule has 0 aliphatic heterocycles. The minimum atomic E-state index is -4.03. The molecule has 4 aromatic rings. The average molecular weight is 505 g/mol. The lowest BCUT2D eigenvalue weighted by Gasteiger charge is -2.26. The Hall–Kier alpha value is -3.61. The van der Waals surface area contributed by atoms with Crippen LogP contribution in [0.5, 0.6) is 0 Å². The van der Waals surface area contributed by atoms with E-state index in [1.54, 1.807) is 36.4 Å². The summed E-state index contributed by atoms with van der Waals surface area (Å²) in [6, 6.07) is 31.7. The van der Waals surface area contributed by atoms with E-state index >= 15 is 0 Å². The van der Waals surface area contributed by atoms with Gasteiger partial charge in [-0.2, -0.15) is 0 Å².